The molecule has 1 N–H and O–H groups in total. The van der Waals surface area contributed by atoms with Crippen LogP contribution in [-0.4, -0.2) is 41.7 Å². The molecule has 0 bridgehead atoms. The minimum atomic E-state index is -0.0380. The normalized spacial score (nSPS) is 20.1. The molecule has 2 amide bonds. The molecule has 0 radical (unpaired) electrons. The summed E-state index contributed by atoms with van der Waals surface area (Å²) in [6.07, 6.45) is 3.59. The van der Waals surface area contributed by atoms with E-state index in [1.807, 2.05) is 19.1 Å². The average molecular weight is 235 g/mol. The van der Waals surface area contributed by atoms with Gasteiger partial charge < -0.3 is 15.0 Å². The average Bonchev–Trinajstić information content (AvgIpc) is 2.37. The van der Waals surface area contributed by atoms with Crippen LogP contribution in [0.25, 0.3) is 0 Å². The number of morpholine rings is 1. The van der Waals surface area contributed by atoms with Crippen LogP contribution in [-0.2, 0) is 11.3 Å². The lowest BCUT2D eigenvalue weighted by atomic mass is 10.3. The van der Waals surface area contributed by atoms with E-state index >= 15 is 0 Å². The third kappa shape index (κ3) is 3.42. The van der Waals surface area contributed by atoms with Crippen LogP contribution in [0, 0.1) is 0 Å². The summed E-state index contributed by atoms with van der Waals surface area (Å²) in [5.74, 6) is 0. The molecule has 2 heterocycles. The first-order valence-electron chi connectivity index (χ1n) is 5.79. The molecule has 1 unspecified atom stereocenters. The smallest absolute Gasteiger partial charge is 0.317 e. The Balaban J connectivity index is 1.81. The first kappa shape index (κ1) is 11.9. The summed E-state index contributed by atoms with van der Waals surface area (Å²) in [7, 11) is 0. The molecule has 2 rings (SSSR count). The maximum Gasteiger partial charge on any atom is 0.317 e. The zero-order valence-electron chi connectivity index (χ0n) is 9.93. The van der Waals surface area contributed by atoms with Gasteiger partial charge in [0, 0.05) is 32.0 Å². The monoisotopic (exact) mass is 235 g/mol. The van der Waals surface area contributed by atoms with Crippen LogP contribution < -0.4 is 5.32 Å². The molecule has 5 nitrogen and oxygen atoms in total. The molecule has 0 aromatic carbocycles. The highest BCUT2D eigenvalue weighted by Crippen LogP contribution is 2.04. The number of pyridine rings is 1. The van der Waals surface area contributed by atoms with Crippen LogP contribution in [0.2, 0.25) is 0 Å². The van der Waals surface area contributed by atoms with E-state index in [1.54, 1.807) is 17.3 Å². The van der Waals surface area contributed by atoms with Gasteiger partial charge in [-0.3, -0.25) is 4.98 Å². The summed E-state index contributed by atoms with van der Waals surface area (Å²) in [5.41, 5.74) is 1.00. The van der Waals surface area contributed by atoms with Gasteiger partial charge in [-0.2, -0.15) is 0 Å². The van der Waals surface area contributed by atoms with E-state index in [-0.39, 0.29) is 12.1 Å². The largest absolute Gasteiger partial charge is 0.375 e. The molecule has 0 spiro atoms. The number of carbonyl (C=O) groups excluding carboxylic acids is 1. The molecular formula is C12H17N3O2. The second kappa shape index (κ2) is 5.63. The van der Waals surface area contributed by atoms with Gasteiger partial charge in [-0.25, -0.2) is 4.79 Å². The van der Waals surface area contributed by atoms with Gasteiger partial charge in [0.2, 0.25) is 0 Å². The van der Waals surface area contributed by atoms with Crippen molar-refractivity contribution < 1.29 is 9.53 Å². The SMILES string of the molecule is CC1CN(C(=O)NCc2cccnc2)CCO1. The summed E-state index contributed by atoms with van der Waals surface area (Å²) >= 11 is 0. The zero-order chi connectivity index (χ0) is 12.1. The van der Waals surface area contributed by atoms with Crippen molar-refractivity contribution in [3.8, 4) is 0 Å². The van der Waals surface area contributed by atoms with E-state index in [0.717, 1.165) is 5.56 Å². The molecule has 1 saturated heterocycles. The molecular weight excluding hydrogens is 218 g/mol. The highest BCUT2D eigenvalue weighted by molar-refractivity contribution is 5.74. The standard InChI is InChI=1S/C12H17N3O2/c1-10-9-15(5-6-17-10)12(16)14-8-11-3-2-4-13-7-11/h2-4,7,10H,5-6,8-9H2,1H3,(H,14,16). The summed E-state index contributed by atoms with van der Waals surface area (Å²) in [5, 5.41) is 2.88. The van der Waals surface area contributed by atoms with Gasteiger partial charge in [0.25, 0.3) is 0 Å². The fraction of sp³-hybridized carbons (Fsp3) is 0.500. The molecule has 1 aromatic rings. The van der Waals surface area contributed by atoms with Gasteiger partial charge in [0.15, 0.2) is 0 Å². The maximum absolute atomic E-state index is 11.9. The Kier molecular flexibility index (Phi) is 3.93. The number of ether oxygens (including phenoxy) is 1. The van der Waals surface area contributed by atoms with E-state index in [2.05, 4.69) is 10.3 Å². The second-order valence-electron chi connectivity index (χ2n) is 4.15. The molecule has 5 heteroatoms. The lowest BCUT2D eigenvalue weighted by molar-refractivity contribution is -0.00351. The number of nitrogens with zero attached hydrogens (tertiary/aromatic N) is 2. The number of nitrogens with one attached hydrogen (secondary N) is 1. The molecule has 0 saturated carbocycles. The van der Waals surface area contributed by atoms with E-state index in [9.17, 15) is 4.79 Å². The van der Waals surface area contributed by atoms with Crippen molar-refractivity contribution in [3.05, 3.63) is 30.1 Å². The minimum Gasteiger partial charge on any atom is -0.375 e. The Morgan fingerprint density at radius 2 is 2.59 bits per heavy atom. The van der Waals surface area contributed by atoms with E-state index in [0.29, 0.717) is 26.2 Å². The first-order valence-corrected chi connectivity index (χ1v) is 5.79. The predicted molar refractivity (Wildman–Crippen MR) is 63.5 cm³/mol. The third-order valence-corrected chi connectivity index (χ3v) is 2.69. The molecule has 1 aromatic heterocycles. The molecule has 92 valence electrons. The highest BCUT2D eigenvalue weighted by atomic mass is 16.5. The van der Waals surface area contributed by atoms with Crippen LogP contribution in [0.4, 0.5) is 4.79 Å². The summed E-state index contributed by atoms with van der Waals surface area (Å²) in [6, 6.07) is 3.76. The van der Waals surface area contributed by atoms with Gasteiger partial charge in [-0.1, -0.05) is 6.07 Å². The Hall–Kier alpha value is -1.62. The van der Waals surface area contributed by atoms with Gasteiger partial charge in [0.05, 0.1) is 12.7 Å². The van der Waals surface area contributed by atoms with Crippen molar-refractivity contribution in [1.29, 1.82) is 0 Å². The van der Waals surface area contributed by atoms with Crippen molar-refractivity contribution in [1.82, 2.24) is 15.2 Å². The third-order valence-electron chi connectivity index (χ3n) is 2.69. The molecule has 1 atom stereocenters. The maximum atomic E-state index is 11.9. The van der Waals surface area contributed by atoms with E-state index in [4.69, 9.17) is 4.74 Å². The van der Waals surface area contributed by atoms with Crippen molar-refractivity contribution >= 4 is 6.03 Å². The van der Waals surface area contributed by atoms with Crippen molar-refractivity contribution in [2.45, 2.75) is 19.6 Å². The van der Waals surface area contributed by atoms with Gasteiger partial charge in [-0.15, -0.1) is 0 Å². The minimum absolute atomic E-state index is 0.0380. The second-order valence-corrected chi connectivity index (χ2v) is 4.15. The molecule has 1 fully saturated rings. The Morgan fingerprint density at radius 1 is 1.71 bits per heavy atom. The lowest BCUT2D eigenvalue weighted by Crippen LogP contribution is -2.48. The number of carbonyl (C=O) groups is 1. The summed E-state index contributed by atoms with van der Waals surface area (Å²) in [6.45, 7) is 4.41. The predicted octanol–water partition coefficient (Wildman–Crippen LogP) is 1.01. The number of aromatic nitrogens is 1. The molecule has 0 aliphatic carbocycles. The number of urea groups is 1. The Labute approximate surface area is 101 Å². The van der Waals surface area contributed by atoms with Crippen LogP contribution in [0.15, 0.2) is 24.5 Å². The first-order chi connectivity index (χ1) is 8.25. The fourth-order valence-electron chi connectivity index (χ4n) is 1.80. The Morgan fingerprint density at radius 3 is 3.29 bits per heavy atom. The van der Waals surface area contributed by atoms with Crippen molar-refractivity contribution in [3.63, 3.8) is 0 Å². The molecule has 17 heavy (non-hydrogen) atoms. The Bertz CT molecular complexity index is 369. The summed E-state index contributed by atoms with van der Waals surface area (Å²) in [4.78, 5) is 17.6. The van der Waals surface area contributed by atoms with Gasteiger partial charge >= 0.3 is 6.03 Å². The molecule has 1 aliphatic heterocycles. The fourth-order valence-corrected chi connectivity index (χ4v) is 1.80. The number of amides is 2. The van der Waals surface area contributed by atoms with Crippen LogP contribution >= 0.6 is 0 Å². The number of hydrogen-bond donors (Lipinski definition) is 1. The lowest BCUT2D eigenvalue weighted by Gasteiger charge is -2.31. The van der Waals surface area contributed by atoms with Crippen LogP contribution in [0.1, 0.15) is 12.5 Å². The topological polar surface area (TPSA) is 54.5 Å². The van der Waals surface area contributed by atoms with Crippen molar-refractivity contribution in [2.75, 3.05) is 19.7 Å². The number of hydrogen-bond acceptors (Lipinski definition) is 3. The van der Waals surface area contributed by atoms with E-state index < -0.39 is 0 Å². The zero-order valence-corrected chi connectivity index (χ0v) is 9.93. The van der Waals surface area contributed by atoms with Crippen LogP contribution in [0.5, 0.6) is 0 Å². The summed E-state index contributed by atoms with van der Waals surface area (Å²) < 4.78 is 5.39. The van der Waals surface area contributed by atoms with E-state index in [1.165, 1.54) is 0 Å². The highest BCUT2D eigenvalue weighted by Gasteiger charge is 2.20. The quantitative estimate of drug-likeness (QED) is 0.832. The molecule has 1 aliphatic rings. The van der Waals surface area contributed by atoms with Crippen LogP contribution in [0.3, 0.4) is 0 Å². The van der Waals surface area contributed by atoms with Gasteiger partial charge in [-0.05, 0) is 18.6 Å². The van der Waals surface area contributed by atoms with Gasteiger partial charge in [0.1, 0.15) is 0 Å². The number of rotatable bonds is 2. The van der Waals surface area contributed by atoms with Crippen molar-refractivity contribution in [2.24, 2.45) is 0 Å².